The summed E-state index contributed by atoms with van der Waals surface area (Å²) < 4.78 is 36.3. The first-order valence-electron chi connectivity index (χ1n) is 8.75. The number of benzene rings is 2. The normalized spacial score (nSPS) is 11.9. The Balaban J connectivity index is 2.07. The lowest BCUT2D eigenvalue weighted by molar-refractivity contribution is 0.0871. The third-order valence-electron chi connectivity index (χ3n) is 4.24. The molecule has 2 aromatic carbocycles. The summed E-state index contributed by atoms with van der Waals surface area (Å²) in [5.41, 5.74) is 5.19. The predicted molar refractivity (Wildman–Crippen MR) is 105 cm³/mol. The Bertz CT molecular complexity index is 1020. The van der Waals surface area contributed by atoms with Gasteiger partial charge in [0.05, 0.1) is 5.56 Å². The maximum Gasteiger partial charge on any atom is 0.177 e. The van der Waals surface area contributed by atoms with Crippen molar-refractivity contribution in [3.05, 3.63) is 58.9 Å². The van der Waals surface area contributed by atoms with Gasteiger partial charge in [-0.3, -0.25) is 0 Å². The average molecular weight is 407 g/mol. The zero-order chi connectivity index (χ0) is 20.6. The van der Waals surface area contributed by atoms with Gasteiger partial charge in [0.1, 0.15) is 5.82 Å². The third-order valence-corrected chi connectivity index (χ3v) is 4.48. The highest BCUT2D eigenvalue weighted by molar-refractivity contribution is 6.30. The van der Waals surface area contributed by atoms with E-state index in [-0.39, 0.29) is 22.4 Å². The second-order valence-corrected chi connectivity index (χ2v) is 7.67. The van der Waals surface area contributed by atoms with E-state index < -0.39 is 17.2 Å². The van der Waals surface area contributed by atoms with Crippen molar-refractivity contribution in [2.75, 3.05) is 5.73 Å². The number of aromatic nitrogens is 3. The highest BCUT2D eigenvalue weighted by atomic mass is 35.5. The molecule has 1 heterocycles. The molecule has 148 valence electrons. The van der Waals surface area contributed by atoms with Crippen LogP contribution in [0.25, 0.3) is 11.4 Å². The molecular weight excluding hydrogens is 386 g/mol. The van der Waals surface area contributed by atoms with E-state index in [1.54, 1.807) is 36.6 Å². The molecule has 0 fully saturated rings. The van der Waals surface area contributed by atoms with Crippen LogP contribution in [0, 0.1) is 11.6 Å². The van der Waals surface area contributed by atoms with Gasteiger partial charge < -0.3 is 15.0 Å². The Labute approximate surface area is 167 Å². The van der Waals surface area contributed by atoms with E-state index in [2.05, 4.69) is 10.2 Å². The fraction of sp³-hybridized carbons (Fsp3) is 0.300. The summed E-state index contributed by atoms with van der Waals surface area (Å²) in [4.78, 5) is 0. The summed E-state index contributed by atoms with van der Waals surface area (Å²) in [6, 6.07) is 8.46. The van der Waals surface area contributed by atoms with Gasteiger partial charge in [-0.25, -0.2) is 8.78 Å². The molecule has 2 N–H and O–H groups in total. The van der Waals surface area contributed by atoms with Crippen molar-refractivity contribution < 1.29 is 13.5 Å². The third kappa shape index (κ3) is 3.80. The van der Waals surface area contributed by atoms with Crippen molar-refractivity contribution in [3.63, 3.8) is 0 Å². The maximum atomic E-state index is 14.5. The lowest BCUT2D eigenvalue weighted by Gasteiger charge is -2.28. The molecule has 28 heavy (non-hydrogen) atoms. The lowest BCUT2D eigenvalue weighted by atomic mass is 10.1. The van der Waals surface area contributed by atoms with Crippen molar-refractivity contribution in [1.82, 2.24) is 14.8 Å². The minimum absolute atomic E-state index is 0.0351. The molecule has 0 saturated heterocycles. The summed E-state index contributed by atoms with van der Waals surface area (Å²) >= 11 is 5.80. The molecule has 0 aliphatic carbocycles. The summed E-state index contributed by atoms with van der Waals surface area (Å²) in [5.74, 6) is -0.268. The molecule has 0 spiro atoms. The van der Waals surface area contributed by atoms with Crippen molar-refractivity contribution in [3.8, 4) is 17.1 Å². The van der Waals surface area contributed by atoms with Crippen LogP contribution in [-0.2, 0) is 5.60 Å². The van der Waals surface area contributed by atoms with E-state index in [9.17, 15) is 8.78 Å². The lowest BCUT2D eigenvalue weighted by Crippen LogP contribution is -2.31. The van der Waals surface area contributed by atoms with Gasteiger partial charge >= 0.3 is 0 Å². The van der Waals surface area contributed by atoms with Crippen LogP contribution in [0.3, 0.4) is 0 Å². The minimum atomic E-state index is -1.05. The maximum absolute atomic E-state index is 14.5. The second kappa shape index (κ2) is 7.39. The van der Waals surface area contributed by atoms with Crippen LogP contribution >= 0.6 is 11.6 Å². The SMILES string of the molecule is CC(C)n1c(-c2ccc(N)cc2F)nnc1C(C)(C)Oc1ccc(Cl)cc1F. The predicted octanol–water partition coefficient (Wildman–Crippen LogP) is 5.35. The second-order valence-electron chi connectivity index (χ2n) is 7.24. The molecule has 0 radical (unpaired) electrons. The van der Waals surface area contributed by atoms with E-state index in [0.29, 0.717) is 17.3 Å². The first kappa shape index (κ1) is 20.1. The van der Waals surface area contributed by atoms with Crippen molar-refractivity contribution >= 4 is 17.3 Å². The summed E-state index contributed by atoms with van der Waals surface area (Å²) in [7, 11) is 0. The van der Waals surface area contributed by atoms with Crippen molar-refractivity contribution in [1.29, 1.82) is 0 Å². The number of ether oxygens (including phenoxy) is 1. The summed E-state index contributed by atoms with van der Waals surface area (Å²) in [6.07, 6.45) is 0. The van der Waals surface area contributed by atoms with Gasteiger partial charge in [-0.2, -0.15) is 0 Å². The Morgan fingerprint density at radius 2 is 1.79 bits per heavy atom. The van der Waals surface area contributed by atoms with Gasteiger partial charge in [0, 0.05) is 16.8 Å². The molecular formula is C20H21ClF2N4O. The highest BCUT2D eigenvalue weighted by Crippen LogP contribution is 2.34. The fourth-order valence-corrected chi connectivity index (χ4v) is 3.12. The fourth-order valence-electron chi connectivity index (χ4n) is 2.97. The van der Waals surface area contributed by atoms with Gasteiger partial charge in [0.25, 0.3) is 0 Å². The monoisotopic (exact) mass is 406 g/mol. The van der Waals surface area contributed by atoms with E-state index in [4.69, 9.17) is 22.1 Å². The largest absolute Gasteiger partial charge is 0.477 e. The molecule has 8 heteroatoms. The Morgan fingerprint density at radius 3 is 2.39 bits per heavy atom. The number of anilines is 1. The molecule has 0 aliphatic rings. The number of rotatable bonds is 5. The molecule has 1 aromatic heterocycles. The summed E-state index contributed by atoms with van der Waals surface area (Å²) in [5, 5.41) is 8.69. The van der Waals surface area contributed by atoms with Crippen LogP contribution in [0.2, 0.25) is 5.02 Å². The summed E-state index contributed by atoms with van der Waals surface area (Å²) in [6.45, 7) is 7.33. The Kier molecular flexibility index (Phi) is 5.30. The molecule has 0 atom stereocenters. The van der Waals surface area contributed by atoms with Crippen LogP contribution in [0.1, 0.15) is 39.6 Å². The van der Waals surface area contributed by atoms with Gasteiger partial charge in [0.2, 0.25) is 0 Å². The molecule has 0 saturated carbocycles. The zero-order valence-electron chi connectivity index (χ0n) is 16.0. The molecule has 3 aromatic rings. The van der Waals surface area contributed by atoms with E-state index >= 15 is 0 Å². The first-order chi connectivity index (χ1) is 13.1. The van der Waals surface area contributed by atoms with Crippen LogP contribution in [0.15, 0.2) is 36.4 Å². The van der Waals surface area contributed by atoms with Gasteiger partial charge in [-0.15, -0.1) is 10.2 Å². The van der Waals surface area contributed by atoms with Gasteiger partial charge in [0.15, 0.2) is 28.8 Å². The number of nitrogens with two attached hydrogens (primary N) is 1. The van der Waals surface area contributed by atoms with E-state index in [1.807, 2.05) is 13.8 Å². The molecule has 0 aliphatic heterocycles. The number of hydrogen-bond acceptors (Lipinski definition) is 4. The number of hydrogen-bond donors (Lipinski definition) is 1. The van der Waals surface area contributed by atoms with Gasteiger partial charge in [-0.1, -0.05) is 11.6 Å². The first-order valence-corrected chi connectivity index (χ1v) is 9.13. The highest BCUT2D eigenvalue weighted by Gasteiger charge is 2.33. The zero-order valence-corrected chi connectivity index (χ0v) is 16.8. The molecule has 0 unspecified atom stereocenters. The van der Waals surface area contributed by atoms with E-state index in [0.717, 1.165) is 0 Å². The van der Waals surface area contributed by atoms with Crippen LogP contribution in [-0.4, -0.2) is 14.8 Å². The van der Waals surface area contributed by atoms with Crippen LogP contribution in [0.4, 0.5) is 14.5 Å². The topological polar surface area (TPSA) is 66.0 Å². The Morgan fingerprint density at radius 1 is 1.07 bits per heavy atom. The smallest absolute Gasteiger partial charge is 0.177 e. The quantitative estimate of drug-likeness (QED) is 0.580. The van der Waals surface area contributed by atoms with Crippen molar-refractivity contribution in [2.24, 2.45) is 0 Å². The van der Waals surface area contributed by atoms with Crippen molar-refractivity contribution in [2.45, 2.75) is 39.3 Å². The van der Waals surface area contributed by atoms with Gasteiger partial charge in [-0.05, 0) is 64.1 Å². The van der Waals surface area contributed by atoms with Crippen LogP contribution in [0.5, 0.6) is 5.75 Å². The molecule has 0 amide bonds. The number of halogens is 3. The molecule has 5 nitrogen and oxygen atoms in total. The average Bonchev–Trinajstić information content (AvgIpc) is 3.03. The number of nitrogens with zero attached hydrogens (tertiary/aromatic N) is 3. The molecule has 3 rings (SSSR count). The molecule has 0 bridgehead atoms. The van der Waals surface area contributed by atoms with Crippen LogP contribution < -0.4 is 10.5 Å². The van der Waals surface area contributed by atoms with E-state index in [1.165, 1.54) is 18.2 Å². The minimum Gasteiger partial charge on any atom is -0.477 e. The standard InChI is InChI=1S/C20H21ClF2N4O/c1-11(2)27-18(14-7-6-13(24)10-15(14)22)25-26-19(27)20(3,4)28-17-8-5-12(21)9-16(17)23/h5-11H,24H2,1-4H3. The Hall–Kier alpha value is -2.67. The number of nitrogen functional groups attached to an aromatic ring is 1.